The van der Waals surface area contributed by atoms with Gasteiger partial charge in [-0.15, -0.1) is 0 Å². The minimum Gasteiger partial charge on any atom is -0.507 e. The molecule has 0 spiro atoms. The molecule has 2 rings (SSSR count). The smallest absolute Gasteiger partial charge is 0.123 e. The molecular formula is C17H28N2O. The molecule has 0 aromatic heterocycles. The molecule has 0 aliphatic carbocycles. The van der Waals surface area contributed by atoms with Crippen LogP contribution in [0.25, 0.3) is 0 Å². The summed E-state index contributed by atoms with van der Waals surface area (Å²) in [5, 5.41) is 17.2. The van der Waals surface area contributed by atoms with Crippen molar-refractivity contribution in [3.05, 3.63) is 23.3 Å². The van der Waals surface area contributed by atoms with Gasteiger partial charge in [0.05, 0.1) is 0 Å². The van der Waals surface area contributed by atoms with Gasteiger partial charge >= 0.3 is 0 Å². The van der Waals surface area contributed by atoms with Crippen molar-refractivity contribution in [3.8, 4) is 5.75 Å². The van der Waals surface area contributed by atoms with E-state index in [1.165, 1.54) is 25.7 Å². The maximum atomic E-state index is 10.0. The molecular weight excluding hydrogens is 248 g/mol. The fraction of sp³-hybridized carbons (Fsp3) is 0.647. The molecule has 1 fully saturated rings. The number of benzene rings is 1. The largest absolute Gasteiger partial charge is 0.507 e. The highest BCUT2D eigenvalue weighted by Crippen LogP contribution is 2.29. The lowest BCUT2D eigenvalue weighted by Gasteiger charge is -2.23. The van der Waals surface area contributed by atoms with Crippen LogP contribution in [0, 0.1) is 13.8 Å². The van der Waals surface area contributed by atoms with Gasteiger partial charge < -0.3 is 15.7 Å². The SMILES string of the molecule is Cc1ccc(NC(C)CC2CCCCCN2)c(C)c1O. The van der Waals surface area contributed by atoms with E-state index in [1.807, 2.05) is 19.9 Å². The van der Waals surface area contributed by atoms with Crippen LogP contribution < -0.4 is 10.6 Å². The molecule has 0 bridgehead atoms. The Bertz CT molecular complexity index is 437. The number of phenolic OH excluding ortho intramolecular Hbond substituents is 1. The highest BCUT2D eigenvalue weighted by molar-refractivity contribution is 5.59. The summed E-state index contributed by atoms with van der Waals surface area (Å²) in [6.45, 7) is 7.29. The Kier molecular flexibility index (Phi) is 5.30. The molecule has 3 nitrogen and oxygen atoms in total. The molecule has 1 aromatic rings. The molecule has 1 saturated heterocycles. The van der Waals surface area contributed by atoms with Gasteiger partial charge in [-0.3, -0.25) is 0 Å². The quantitative estimate of drug-likeness (QED) is 0.785. The summed E-state index contributed by atoms with van der Waals surface area (Å²) in [6, 6.07) is 5.08. The Morgan fingerprint density at radius 1 is 1.30 bits per heavy atom. The highest BCUT2D eigenvalue weighted by Gasteiger charge is 2.16. The summed E-state index contributed by atoms with van der Waals surface area (Å²) in [5.74, 6) is 0.412. The minimum atomic E-state index is 0.409. The average Bonchev–Trinajstić information content (AvgIpc) is 2.68. The monoisotopic (exact) mass is 276 g/mol. The summed E-state index contributed by atoms with van der Waals surface area (Å²) in [4.78, 5) is 0. The zero-order valence-electron chi connectivity index (χ0n) is 13.0. The lowest BCUT2D eigenvalue weighted by atomic mass is 10.0. The summed E-state index contributed by atoms with van der Waals surface area (Å²) in [6.07, 6.45) is 6.42. The van der Waals surface area contributed by atoms with Crippen molar-refractivity contribution >= 4 is 5.69 Å². The lowest BCUT2D eigenvalue weighted by Crippen LogP contribution is -2.33. The Morgan fingerprint density at radius 3 is 2.90 bits per heavy atom. The van der Waals surface area contributed by atoms with Crippen LogP contribution >= 0.6 is 0 Å². The van der Waals surface area contributed by atoms with Gasteiger partial charge in [-0.25, -0.2) is 0 Å². The van der Waals surface area contributed by atoms with E-state index >= 15 is 0 Å². The number of nitrogens with one attached hydrogen (secondary N) is 2. The molecule has 3 N–H and O–H groups in total. The summed E-state index contributed by atoms with van der Waals surface area (Å²) in [7, 11) is 0. The number of rotatable bonds is 4. The number of aryl methyl sites for hydroxylation is 1. The van der Waals surface area contributed by atoms with Crippen molar-refractivity contribution in [2.24, 2.45) is 0 Å². The first-order valence-corrected chi connectivity index (χ1v) is 7.87. The lowest BCUT2D eigenvalue weighted by molar-refractivity contribution is 0.455. The van der Waals surface area contributed by atoms with E-state index in [0.29, 0.717) is 17.8 Å². The van der Waals surface area contributed by atoms with E-state index in [1.54, 1.807) is 0 Å². The molecule has 20 heavy (non-hydrogen) atoms. The topological polar surface area (TPSA) is 44.3 Å². The zero-order valence-corrected chi connectivity index (χ0v) is 13.0. The third kappa shape index (κ3) is 3.89. The molecule has 1 aromatic carbocycles. The van der Waals surface area contributed by atoms with Gasteiger partial charge in [-0.05, 0) is 58.2 Å². The normalized spacial score (nSPS) is 21.2. The van der Waals surface area contributed by atoms with Crippen molar-refractivity contribution in [2.45, 2.75) is 65.0 Å². The molecule has 0 amide bonds. The van der Waals surface area contributed by atoms with Crippen molar-refractivity contribution in [1.82, 2.24) is 5.32 Å². The van der Waals surface area contributed by atoms with Crippen molar-refractivity contribution < 1.29 is 5.11 Å². The predicted octanol–water partition coefficient (Wildman–Crippen LogP) is 3.73. The van der Waals surface area contributed by atoms with Crippen molar-refractivity contribution in [1.29, 1.82) is 0 Å². The van der Waals surface area contributed by atoms with E-state index in [4.69, 9.17) is 0 Å². The number of hydrogen-bond acceptors (Lipinski definition) is 3. The first kappa shape index (κ1) is 15.2. The minimum absolute atomic E-state index is 0.409. The van der Waals surface area contributed by atoms with Gasteiger partial charge in [0, 0.05) is 23.3 Å². The van der Waals surface area contributed by atoms with Gasteiger partial charge in [0.25, 0.3) is 0 Å². The van der Waals surface area contributed by atoms with E-state index in [-0.39, 0.29) is 0 Å². The molecule has 112 valence electrons. The van der Waals surface area contributed by atoms with Crippen LogP contribution in [-0.2, 0) is 0 Å². The third-order valence-corrected chi connectivity index (χ3v) is 4.34. The predicted molar refractivity (Wildman–Crippen MR) is 85.5 cm³/mol. The zero-order chi connectivity index (χ0) is 14.5. The number of hydrogen-bond donors (Lipinski definition) is 3. The molecule has 1 heterocycles. The van der Waals surface area contributed by atoms with Crippen LogP contribution in [0.5, 0.6) is 5.75 Å². The van der Waals surface area contributed by atoms with Crippen LogP contribution in [0.1, 0.15) is 50.2 Å². The second kappa shape index (κ2) is 6.98. The first-order chi connectivity index (χ1) is 9.58. The van der Waals surface area contributed by atoms with Gasteiger partial charge in [0.15, 0.2) is 0 Å². The molecule has 0 radical (unpaired) electrons. The maximum absolute atomic E-state index is 10.0. The first-order valence-electron chi connectivity index (χ1n) is 7.87. The standard InChI is InChI=1S/C17H28N2O/c1-12-8-9-16(14(3)17(12)20)19-13(2)11-15-7-5-4-6-10-18-15/h8-9,13,15,18-20H,4-7,10-11H2,1-3H3. The molecule has 2 atom stereocenters. The van der Waals surface area contributed by atoms with E-state index in [2.05, 4.69) is 23.6 Å². The fourth-order valence-corrected chi connectivity index (χ4v) is 3.05. The second-order valence-corrected chi connectivity index (χ2v) is 6.19. The molecule has 2 unspecified atom stereocenters. The van der Waals surface area contributed by atoms with Crippen LogP contribution in [-0.4, -0.2) is 23.7 Å². The number of aromatic hydroxyl groups is 1. The fourth-order valence-electron chi connectivity index (χ4n) is 3.05. The van der Waals surface area contributed by atoms with Crippen LogP contribution in [0.3, 0.4) is 0 Å². The summed E-state index contributed by atoms with van der Waals surface area (Å²) < 4.78 is 0. The van der Waals surface area contributed by atoms with Gasteiger partial charge in [-0.1, -0.05) is 18.9 Å². The van der Waals surface area contributed by atoms with Gasteiger partial charge in [-0.2, -0.15) is 0 Å². The Morgan fingerprint density at radius 2 is 2.10 bits per heavy atom. The molecule has 3 heteroatoms. The van der Waals surface area contributed by atoms with E-state index in [9.17, 15) is 5.11 Å². The average molecular weight is 276 g/mol. The third-order valence-electron chi connectivity index (χ3n) is 4.34. The van der Waals surface area contributed by atoms with Crippen molar-refractivity contribution in [2.75, 3.05) is 11.9 Å². The van der Waals surface area contributed by atoms with Crippen LogP contribution in [0.2, 0.25) is 0 Å². The number of phenols is 1. The Labute approximate surface area is 122 Å². The van der Waals surface area contributed by atoms with Crippen molar-refractivity contribution in [3.63, 3.8) is 0 Å². The number of anilines is 1. The van der Waals surface area contributed by atoms with Crippen LogP contribution in [0.15, 0.2) is 12.1 Å². The van der Waals surface area contributed by atoms with Gasteiger partial charge in [0.2, 0.25) is 0 Å². The Balaban J connectivity index is 1.93. The molecule has 1 aliphatic heterocycles. The van der Waals surface area contributed by atoms with E-state index < -0.39 is 0 Å². The van der Waals surface area contributed by atoms with Crippen LogP contribution in [0.4, 0.5) is 5.69 Å². The highest BCUT2D eigenvalue weighted by atomic mass is 16.3. The molecule has 0 saturated carbocycles. The second-order valence-electron chi connectivity index (χ2n) is 6.19. The van der Waals surface area contributed by atoms with Gasteiger partial charge in [0.1, 0.15) is 5.75 Å². The summed E-state index contributed by atoms with van der Waals surface area (Å²) in [5.41, 5.74) is 2.94. The maximum Gasteiger partial charge on any atom is 0.123 e. The summed E-state index contributed by atoms with van der Waals surface area (Å²) >= 11 is 0. The Hall–Kier alpha value is -1.22. The molecule has 1 aliphatic rings. The van der Waals surface area contributed by atoms with E-state index in [0.717, 1.165) is 29.8 Å².